The Hall–Kier alpha value is -2.21. The monoisotopic (exact) mass is 326 g/mol. The molecule has 1 aliphatic heterocycles. The summed E-state index contributed by atoms with van der Waals surface area (Å²) in [5.41, 5.74) is 1.15. The van der Waals surface area contributed by atoms with Gasteiger partial charge in [0.15, 0.2) is 5.65 Å². The van der Waals surface area contributed by atoms with Crippen LogP contribution >= 0.6 is 11.3 Å². The molecule has 1 amide bonds. The number of fused-ring (bicyclic) bond motifs is 1. The van der Waals surface area contributed by atoms with Crippen LogP contribution in [-0.4, -0.2) is 37.5 Å². The van der Waals surface area contributed by atoms with Crippen LogP contribution in [0.1, 0.15) is 35.1 Å². The molecule has 1 fully saturated rings. The summed E-state index contributed by atoms with van der Waals surface area (Å²) in [6.45, 7) is 2.99. The first-order valence-corrected chi connectivity index (χ1v) is 8.68. The van der Waals surface area contributed by atoms with E-state index in [0.29, 0.717) is 11.3 Å². The maximum absolute atomic E-state index is 13.1. The molecule has 3 aromatic rings. The number of thiophene rings is 1. The summed E-state index contributed by atoms with van der Waals surface area (Å²) >= 11 is 1.76. The lowest BCUT2D eigenvalue weighted by Crippen LogP contribution is -2.47. The molecule has 4 rings (SSSR count). The van der Waals surface area contributed by atoms with E-state index >= 15 is 0 Å². The summed E-state index contributed by atoms with van der Waals surface area (Å²) in [6, 6.07) is 7.79. The normalized spacial score (nSPS) is 21.2. The molecule has 1 aliphatic rings. The SMILES string of the molecule is CC1(Cc2cccs2)CCCN1C(=O)c1ccnc2ccnn12. The van der Waals surface area contributed by atoms with Crippen LogP contribution in [0.2, 0.25) is 0 Å². The molecular weight excluding hydrogens is 308 g/mol. The number of rotatable bonds is 3. The second-order valence-corrected chi connectivity index (χ2v) is 7.28. The molecule has 1 atom stereocenters. The van der Waals surface area contributed by atoms with Gasteiger partial charge in [0.25, 0.3) is 5.91 Å². The van der Waals surface area contributed by atoms with Gasteiger partial charge in [0.1, 0.15) is 5.69 Å². The Kier molecular flexibility index (Phi) is 3.41. The van der Waals surface area contributed by atoms with Crippen molar-refractivity contribution >= 4 is 22.9 Å². The Morgan fingerprint density at radius 1 is 1.35 bits per heavy atom. The van der Waals surface area contributed by atoms with Crippen LogP contribution in [0.3, 0.4) is 0 Å². The molecule has 0 N–H and O–H groups in total. The summed E-state index contributed by atoms with van der Waals surface area (Å²) in [6.07, 6.45) is 6.33. The number of nitrogens with zero attached hydrogens (tertiary/aromatic N) is 4. The maximum Gasteiger partial charge on any atom is 0.273 e. The van der Waals surface area contributed by atoms with E-state index in [0.717, 1.165) is 25.8 Å². The highest BCUT2D eigenvalue weighted by molar-refractivity contribution is 7.09. The number of hydrogen-bond acceptors (Lipinski definition) is 4. The zero-order valence-corrected chi connectivity index (χ0v) is 13.8. The molecule has 0 aliphatic carbocycles. The third-order valence-electron chi connectivity index (χ3n) is 4.64. The van der Waals surface area contributed by atoms with Crippen molar-refractivity contribution in [2.75, 3.05) is 6.54 Å². The second kappa shape index (κ2) is 5.45. The first-order chi connectivity index (χ1) is 11.2. The molecular formula is C17H18N4OS. The lowest BCUT2D eigenvalue weighted by atomic mass is 9.93. The minimum absolute atomic E-state index is 0.0395. The summed E-state index contributed by atoms with van der Waals surface area (Å²) in [5.74, 6) is 0.0395. The van der Waals surface area contributed by atoms with Crippen LogP contribution in [-0.2, 0) is 6.42 Å². The Bertz CT molecular complexity index is 841. The van der Waals surface area contributed by atoms with E-state index in [4.69, 9.17) is 0 Å². The van der Waals surface area contributed by atoms with Crippen LogP contribution in [0.4, 0.5) is 0 Å². The van der Waals surface area contributed by atoms with Crippen molar-refractivity contribution in [2.24, 2.45) is 0 Å². The van der Waals surface area contributed by atoms with E-state index in [1.54, 1.807) is 34.3 Å². The quantitative estimate of drug-likeness (QED) is 0.743. The van der Waals surface area contributed by atoms with E-state index in [-0.39, 0.29) is 11.4 Å². The van der Waals surface area contributed by atoms with Gasteiger partial charge >= 0.3 is 0 Å². The van der Waals surface area contributed by atoms with Gasteiger partial charge in [-0.2, -0.15) is 5.10 Å². The van der Waals surface area contributed by atoms with Gasteiger partial charge in [-0.3, -0.25) is 4.79 Å². The third-order valence-corrected chi connectivity index (χ3v) is 5.51. The molecule has 0 saturated carbocycles. The van der Waals surface area contributed by atoms with Crippen LogP contribution in [0.15, 0.2) is 42.0 Å². The van der Waals surface area contributed by atoms with Crippen molar-refractivity contribution in [3.63, 3.8) is 0 Å². The average Bonchev–Trinajstić information content (AvgIpc) is 3.26. The smallest absolute Gasteiger partial charge is 0.273 e. The summed E-state index contributed by atoms with van der Waals surface area (Å²) < 4.78 is 1.63. The summed E-state index contributed by atoms with van der Waals surface area (Å²) in [5, 5.41) is 6.34. The maximum atomic E-state index is 13.1. The first-order valence-electron chi connectivity index (χ1n) is 7.80. The van der Waals surface area contributed by atoms with E-state index in [1.807, 2.05) is 11.0 Å². The number of aromatic nitrogens is 3. The van der Waals surface area contributed by atoms with Crippen molar-refractivity contribution in [1.29, 1.82) is 0 Å². The first kappa shape index (κ1) is 14.4. The van der Waals surface area contributed by atoms with E-state index in [2.05, 4.69) is 34.5 Å². The van der Waals surface area contributed by atoms with E-state index < -0.39 is 0 Å². The topological polar surface area (TPSA) is 50.5 Å². The van der Waals surface area contributed by atoms with Gasteiger partial charge in [-0.25, -0.2) is 9.50 Å². The Balaban J connectivity index is 1.68. The molecule has 6 heteroatoms. The van der Waals surface area contributed by atoms with Crippen molar-refractivity contribution in [3.05, 3.63) is 52.6 Å². The molecule has 5 nitrogen and oxygen atoms in total. The molecule has 0 bridgehead atoms. The van der Waals surface area contributed by atoms with Gasteiger partial charge in [-0.15, -0.1) is 11.3 Å². The molecule has 0 spiro atoms. The number of carbonyl (C=O) groups is 1. The fourth-order valence-corrected chi connectivity index (χ4v) is 4.36. The largest absolute Gasteiger partial charge is 0.332 e. The van der Waals surface area contributed by atoms with Gasteiger partial charge in [-0.05, 0) is 37.3 Å². The van der Waals surface area contributed by atoms with Crippen molar-refractivity contribution in [1.82, 2.24) is 19.5 Å². The molecule has 1 unspecified atom stereocenters. The predicted octanol–water partition coefficient (Wildman–Crippen LogP) is 3.03. The standard InChI is InChI=1S/C17H18N4OS/c1-17(12-13-4-2-11-23-13)7-3-10-20(17)16(22)14-5-8-18-15-6-9-19-21(14)15/h2,4-6,8-9,11H,3,7,10,12H2,1H3. The van der Waals surface area contributed by atoms with Crippen LogP contribution in [0.5, 0.6) is 0 Å². The highest BCUT2D eigenvalue weighted by atomic mass is 32.1. The van der Waals surface area contributed by atoms with Crippen LogP contribution < -0.4 is 0 Å². The summed E-state index contributed by atoms with van der Waals surface area (Å²) in [7, 11) is 0. The van der Waals surface area contributed by atoms with Gasteiger partial charge in [0.05, 0.1) is 6.20 Å². The molecule has 118 valence electrons. The third kappa shape index (κ3) is 2.43. The highest BCUT2D eigenvalue weighted by Gasteiger charge is 2.40. The Morgan fingerprint density at radius 3 is 3.09 bits per heavy atom. The minimum Gasteiger partial charge on any atom is -0.332 e. The number of carbonyl (C=O) groups excluding carboxylic acids is 1. The van der Waals surface area contributed by atoms with Gasteiger partial charge < -0.3 is 4.90 Å². The van der Waals surface area contributed by atoms with Crippen molar-refractivity contribution in [3.8, 4) is 0 Å². The van der Waals surface area contributed by atoms with Crippen LogP contribution in [0.25, 0.3) is 5.65 Å². The van der Waals surface area contributed by atoms with Gasteiger partial charge in [0, 0.05) is 35.6 Å². The molecule has 3 aromatic heterocycles. The Labute approximate surface area is 138 Å². The summed E-state index contributed by atoms with van der Waals surface area (Å²) in [4.78, 5) is 20.7. The predicted molar refractivity (Wildman–Crippen MR) is 89.7 cm³/mol. The molecule has 4 heterocycles. The van der Waals surface area contributed by atoms with E-state index in [9.17, 15) is 4.79 Å². The molecule has 23 heavy (non-hydrogen) atoms. The zero-order chi connectivity index (χ0) is 15.9. The van der Waals surface area contributed by atoms with Gasteiger partial charge in [-0.1, -0.05) is 6.07 Å². The average molecular weight is 326 g/mol. The van der Waals surface area contributed by atoms with Crippen LogP contribution in [0, 0.1) is 0 Å². The number of likely N-dealkylation sites (tertiary alicyclic amines) is 1. The second-order valence-electron chi connectivity index (χ2n) is 6.24. The minimum atomic E-state index is -0.134. The highest BCUT2D eigenvalue weighted by Crippen LogP contribution is 2.34. The number of amides is 1. The fraction of sp³-hybridized carbons (Fsp3) is 0.353. The van der Waals surface area contributed by atoms with Gasteiger partial charge in [0.2, 0.25) is 0 Å². The molecule has 0 aromatic carbocycles. The lowest BCUT2D eigenvalue weighted by Gasteiger charge is -2.35. The number of hydrogen-bond donors (Lipinski definition) is 0. The lowest BCUT2D eigenvalue weighted by molar-refractivity contribution is 0.0616. The fourth-order valence-electron chi connectivity index (χ4n) is 3.48. The van der Waals surface area contributed by atoms with E-state index in [1.165, 1.54) is 4.88 Å². The Morgan fingerprint density at radius 2 is 2.26 bits per heavy atom. The van der Waals surface area contributed by atoms with Crippen molar-refractivity contribution in [2.45, 2.75) is 31.7 Å². The molecule has 0 radical (unpaired) electrons. The molecule has 1 saturated heterocycles. The van der Waals surface area contributed by atoms with Crippen molar-refractivity contribution < 1.29 is 4.79 Å². The zero-order valence-electron chi connectivity index (χ0n) is 13.0.